The van der Waals surface area contributed by atoms with Crippen molar-refractivity contribution in [2.75, 3.05) is 6.54 Å². The van der Waals surface area contributed by atoms with Crippen LogP contribution in [0.1, 0.15) is 51.7 Å². The molecule has 0 spiro atoms. The summed E-state index contributed by atoms with van der Waals surface area (Å²) in [4.78, 5) is 14.8. The summed E-state index contributed by atoms with van der Waals surface area (Å²) in [6.07, 6.45) is 0.423. The predicted octanol–water partition coefficient (Wildman–Crippen LogP) is 4.96. The van der Waals surface area contributed by atoms with Crippen LogP contribution in [0.4, 0.5) is 9.18 Å². The summed E-state index contributed by atoms with van der Waals surface area (Å²) in [5.74, 6) is -0.311. The van der Waals surface area contributed by atoms with Crippen molar-refractivity contribution in [3.05, 3.63) is 71.5 Å². The van der Waals surface area contributed by atoms with Gasteiger partial charge in [0.25, 0.3) is 0 Å². The minimum Gasteiger partial charge on any atom is -0.438 e. The number of hydrogen-bond acceptors (Lipinski definition) is 3. The third-order valence-electron chi connectivity index (χ3n) is 5.49. The highest BCUT2D eigenvalue weighted by molar-refractivity contribution is 5.71. The number of ether oxygens (including phenoxy) is 1. The average molecular weight is 385 g/mol. The Balaban J connectivity index is 1.91. The van der Waals surface area contributed by atoms with Crippen LogP contribution < -0.4 is 0 Å². The topological polar surface area (TPSA) is 49.8 Å². The van der Waals surface area contributed by atoms with Crippen LogP contribution in [0.2, 0.25) is 0 Å². The SMILES string of the molecule is CC(C)(O)CC1(c2ccccc2)CCN(C(C)(C)c2ccc(F)cc2)C(=O)O1. The highest BCUT2D eigenvalue weighted by Crippen LogP contribution is 2.43. The van der Waals surface area contributed by atoms with Gasteiger partial charge in [0.2, 0.25) is 0 Å². The quantitative estimate of drug-likeness (QED) is 0.791. The van der Waals surface area contributed by atoms with E-state index in [0.717, 1.165) is 11.1 Å². The van der Waals surface area contributed by atoms with Gasteiger partial charge in [-0.05, 0) is 51.0 Å². The largest absolute Gasteiger partial charge is 0.438 e. The van der Waals surface area contributed by atoms with Gasteiger partial charge in [-0.15, -0.1) is 0 Å². The fourth-order valence-electron chi connectivity index (χ4n) is 4.05. The fraction of sp³-hybridized carbons (Fsp3) is 0.435. The van der Waals surface area contributed by atoms with Crippen LogP contribution >= 0.6 is 0 Å². The molecule has 0 aliphatic carbocycles. The maximum Gasteiger partial charge on any atom is 0.411 e. The molecule has 0 radical (unpaired) electrons. The highest BCUT2D eigenvalue weighted by atomic mass is 19.1. The molecule has 3 rings (SSSR count). The number of hydrogen-bond donors (Lipinski definition) is 1. The summed E-state index contributed by atoms with van der Waals surface area (Å²) in [6, 6.07) is 15.8. The van der Waals surface area contributed by atoms with Gasteiger partial charge < -0.3 is 9.84 Å². The normalized spacial score (nSPS) is 20.8. The minimum absolute atomic E-state index is 0.306. The summed E-state index contributed by atoms with van der Waals surface area (Å²) in [6.45, 7) is 7.76. The fourth-order valence-corrected chi connectivity index (χ4v) is 4.05. The predicted molar refractivity (Wildman–Crippen MR) is 106 cm³/mol. The number of amides is 1. The van der Waals surface area contributed by atoms with Crippen molar-refractivity contribution in [1.29, 1.82) is 0 Å². The average Bonchev–Trinajstić information content (AvgIpc) is 2.61. The monoisotopic (exact) mass is 385 g/mol. The molecule has 28 heavy (non-hydrogen) atoms. The Hall–Kier alpha value is -2.40. The number of carbonyl (C=O) groups excluding carboxylic acids is 1. The zero-order valence-corrected chi connectivity index (χ0v) is 16.9. The lowest BCUT2D eigenvalue weighted by atomic mass is 9.79. The van der Waals surface area contributed by atoms with E-state index in [9.17, 15) is 14.3 Å². The zero-order valence-electron chi connectivity index (χ0n) is 16.9. The molecule has 1 aliphatic heterocycles. The summed E-state index contributed by atoms with van der Waals surface area (Å²) in [5, 5.41) is 10.5. The summed E-state index contributed by atoms with van der Waals surface area (Å²) in [7, 11) is 0. The first-order valence-electron chi connectivity index (χ1n) is 9.58. The maximum absolute atomic E-state index is 13.3. The molecule has 0 saturated carbocycles. The Labute approximate surface area is 165 Å². The Morgan fingerprint density at radius 2 is 1.68 bits per heavy atom. The molecule has 1 saturated heterocycles. The molecular formula is C23H28FNO3. The highest BCUT2D eigenvalue weighted by Gasteiger charge is 2.48. The van der Waals surface area contributed by atoms with E-state index < -0.39 is 22.8 Å². The van der Waals surface area contributed by atoms with Gasteiger partial charge in [-0.25, -0.2) is 9.18 Å². The van der Waals surface area contributed by atoms with Gasteiger partial charge in [0.15, 0.2) is 0 Å². The van der Waals surface area contributed by atoms with E-state index in [-0.39, 0.29) is 5.82 Å². The van der Waals surface area contributed by atoms with Gasteiger partial charge in [-0.2, -0.15) is 0 Å². The van der Waals surface area contributed by atoms with Crippen LogP contribution in [-0.4, -0.2) is 28.2 Å². The molecule has 1 heterocycles. The lowest BCUT2D eigenvalue weighted by Crippen LogP contribution is -2.55. The van der Waals surface area contributed by atoms with Crippen LogP contribution in [0.25, 0.3) is 0 Å². The molecule has 1 unspecified atom stereocenters. The molecule has 5 heteroatoms. The number of rotatable bonds is 5. The Kier molecular flexibility index (Phi) is 5.24. The van der Waals surface area contributed by atoms with Crippen LogP contribution in [0, 0.1) is 5.82 Å². The van der Waals surface area contributed by atoms with Gasteiger partial charge in [-0.3, -0.25) is 4.90 Å². The number of aliphatic hydroxyl groups is 1. The van der Waals surface area contributed by atoms with Crippen LogP contribution in [0.3, 0.4) is 0 Å². The van der Waals surface area contributed by atoms with E-state index in [0.29, 0.717) is 19.4 Å². The zero-order chi connectivity index (χ0) is 20.6. The van der Waals surface area contributed by atoms with Crippen LogP contribution in [0.5, 0.6) is 0 Å². The molecule has 0 aromatic heterocycles. The maximum atomic E-state index is 13.3. The first kappa shape index (κ1) is 20.3. The van der Waals surface area contributed by atoms with Crippen LogP contribution in [-0.2, 0) is 15.9 Å². The number of benzene rings is 2. The van der Waals surface area contributed by atoms with E-state index in [1.807, 2.05) is 44.2 Å². The lowest BCUT2D eigenvalue weighted by molar-refractivity contribution is -0.109. The molecule has 1 atom stereocenters. The summed E-state index contributed by atoms with van der Waals surface area (Å²) < 4.78 is 19.3. The molecule has 1 N–H and O–H groups in total. The Morgan fingerprint density at radius 1 is 1.07 bits per heavy atom. The smallest absolute Gasteiger partial charge is 0.411 e. The Bertz CT molecular complexity index is 827. The van der Waals surface area contributed by atoms with Gasteiger partial charge in [0, 0.05) is 19.4 Å². The van der Waals surface area contributed by atoms with Crippen molar-refractivity contribution in [2.24, 2.45) is 0 Å². The third kappa shape index (κ3) is 4.04. The standard InChI is InChI=1S/C23H28FNO3/c1-21(2,27)16-23(18-8-6-5-7-9-18)14-15-25(20(26)28-23)22(3,4)17-10-12-19(24)13-11-17/h5-13,27H,14-16H2,1-4H3. The molecule has 4 nitrogen and oxygen atoms in total. The second-order valence-electron chi connectivity index (χ2n) is 8.69. The molecule has 1 amide bonds. The first-order valence-corrected chi connectivity index (χ1v) is 9.58. The molecule has 150 valence electrons. The van der Waals surface area contributed by atoms with Crippen molar-refractivity contribution in [3.63, 3.8) is 0 Å². The molecular weight excluding hydrogens is 357 g/mol. The van der Waals surface area contributed by atoms with Gasteiger partial charge >= 0.3 is 6.09 Å². The van der Waals surface area contributed by atoms with E-state index in [2.05, 4.69) is 0 Å². The molecule has 1 aliphatic rings. The second kappa shape index (κ2) is 7.21. The van der Waals surface area contributed by atoms with E-state index in [1.165, 1.54) is 12.1 Å². The first-order chi connectivity index (χ1) is 13.0. The molecule has 2 aromatic carbocycles. The van der Waals surface area contributed by atoms with E-state index in [1.54, 1.807) is 30.9 Å². The third-order valence-corrected chi connectivity index (χ3v) is 5.49. The van der Waals surface area contributed by atoms with Crippen molar-refractivity contribution < 1.29 is 19.0 Å². The minimum atomic E-state index is -0.995. The van der Waals surface area contributed by atoms with Gasteiger partial charge in [-0.1, -0.05) is 42.5 Å². The van der Waals surface area contributed by atoms with Crippen molar-refractivity contribution in [2.45, 2.75) is 57.3 Å². The molecule has 2 aromatic rings. The summed E-state index contributed by atoms with van der Waals surface area (Å²) in [5.41, 5.74) is -0.815. The molecule has 0 bridgehead atoms. The van der Waals surface area contributed by atoms with E-state index >= 15 is 0 Å². The second-order valence-corrected chi connectivity index (χ2v) is 8.69. The number of nitrogens with zero attached hydrogens (tertiary/aromatic N) is 1. The number of cyclic esters (lactones) is 1. The van der Waals surface area contributed by atoms with Crippen molar-refractivity contribution in [3.8, 4) is 0 Å². The van der Waals surface area contributed by atoms with Crippen molar-refractivity contribution >= 4 is 6.09 Å². The lowest BCUT2D eigenvalue weighted by Gasteiger charge is -2.48. The number of halogens is 1. The van der Waals surface area contributed by atoms with Gasteiger partial charge in [0.1, 0.15) is 11.4 Å². The Morgan fingerprint density at radius 3 is 2.21 bits per heavy atom. The number of carbonyl (C=O) groups is 1. The van der Waals surface area contributed by atoms with Crippen molar-refractivity contribution in [1.82, 2.24) is 4.90 Å². The van der Waals surface area contributed by atoms with E-state index in [4.69, 9.17) is 4.74 Å². The van der Waals surface area contributed by atoms with Gasteiger partial charge in [0.05, 0.1) is 11.1 Å². The summed E-state index contributed by atoms with van der Waals surface area (Å²) >= 11 is 0. The molecule has 1 fully saturated rings. The van der Waals surface area contributed by atoms with Crippen LogP contribution in [0.15, 0.2) is 54.6 Å².